The number of rotatable bonds is 8. The number of amides is 1. The summed E-state index contributed by atoms with van der Waals surface area (Å²) in [6.07, 6.45) is 0. The van der Waals surface area contributed by atoms with E-state index in [0.717, 1.165) is 21.9 Å². The van der Waals surface area contributed by atoms with Crippen molar-refractivity contribution in [2.24, 2.45) is 0 Å². The number of hydrogen-bond acceptors (Lipinski definition) is 6. The highest BCUT2D eigenvalue weighted by Crippen LogP contribution is 2.32. The van der Waals surface area contributed by atoms with Gasteiger partial charge in [-0.15, -0.1) is 0 Å². The van der Waals surface area contributed by atoms with Crippen molar-refractivity contribution in [2.75, 3.05) is 5.32 Å². The quantitative estimate of drug-likeness (QED) is 0.171. The van der Waals surface area contributed by atoms with Crippen molar-refractivity contribution in [1.82, 2.24) is 0 Å². The first-order valence-electron chi connectivity index (χ1n) is 11.9. The molecular weight excluding hydrogens is 484 g/mol. The summed E-state index contributed by atoms with van der Waals surface area (Å²) in [6, 6.07) is 26.7. The van der Waals surface area contributed by atoms with E-state index in [1.54, 1.807) is 6.07 Å². The molecule has 1 heterocycles. The smallest absolute Gasteiger partial charge is 0.291 e. The molecule has 0 saturated heterocycles. The molecule has 0 aliphatic heterocycles. The number of non-ortho nitro benzene ring substituents is 1. The third kappa shape index (κ3) is 5.65. The lowest BCUT2D eigenvalue weighted by Crippen LogP contribution is -2.11. The zero-order valence-electron chi connectivity index (χ0n) is 20.8. The molecule has 1 aromatic heterocycles. The number of benzene rings is 4. The van der Waals surface area contributed by atoms with Gasteiger partial charge in [-0.2, -0.15) is 0 Å². The van der Waals surface area contributed by atoms with E-state index in [-0.39, 0.29) is 29.5 Å². The number of nitrogens with zero attached hydrogens (tertiary/aromatic N) is 1. The van der Waals surface area contributed by atoms with Crippen LogP contribution in [0.4, 0.5) is 11.4 Å². The van der Waals surface area contributed by atoms with E-state index in [4.69, 9.17) is 13.9 Å². The Hall–Kier alpha value is -5.11. The number of aryl methyl sites for hydroxylation is 2. The number of anilines is 1. The highest BCUT2D eigenvalue weighted by atomic mass is 16.6. The molecule has 0 spiro atoms. The number of carbonyl (C=O) groups excluding carboxylic acids is 1. The van der Waals surface area contributed by atoms with E-state index in [1.165, 1.54) is 24.3 Å². The van der Waals surface area contributed by atoms with E-state index in [2.05, 4.69) is 5.32 Å². The molecule has 5 aromatic rings. The van der Waals surface area contributed by atoms with E-state index in [9.17, 15) is 14.9 Å². The molecule has 0 radical (unpaired) electrons. The van der Waals surface area contributed by atoms with Gasteiger partial charge in [-0.25, -0.2) is 0 Å². The Morgan fingerprint density at radius 3 is 2.53 bits per heavy atom. The zero-order chi connectivity index (χ0) is 26.6. The summed E-state index contributed by atoms with van der Waals surface area (Å²) in [5, 5.41) is 16.3. The van der Waals surface area contributed by atoms with Crippen LogP contribution in [0.2, 0.25) is 0 Å². The van der Waals surface area contributed by atoms with E-state index in [0.29, 0.717) is 17.3 Å². The topological polar surface area (TPSA) is 104 Å². The maximum absolute atomic E-state index is 12.8. The summed E-state index contributed by atoms with van der Waals surface area (Å²) >= 11 is 0. The average molecular weight is 509 g/mol. The number of hydrogen-bond donors (Lipinski definition) is 1. The molecule has 8 nitrogen and oxygen atoms in total. The SMILES string of the molecule is Cc1ccc(C)c(Oc2cc(NC(=O)c3ccc(COc4ccc5ccccc5c4)o3)cc([N+](=O)[O-])c2)c1. The van der Waals surface area contributed by atoms with E-state index in [1.807, 2.05) is 74.5 Å². The van der Waals surface area contributed by atoms with Crippen LogP contribution in [0.3, 0.4) is 0 Å². The number of nitro groups is 1. The monoisotopic (exact) mass is 508 g/mol. The van der Waals surface area contributed by atoms with Gasteiger partial charge in [0.2, 0.25) is 0 Å². The van der Waals surface area contributed by atoms with Crippen molar-refractivity contribution >= 4 is 28.1 Å². The Balaban J connectivity index is 1.28. The largest absolute Gasteiger partial charge is 0.486 e. The van der Waals surface area contributed by atoms with Crippen LogP contribution in [-0.4, -0.2) is 10.8 Å². The number of ether oxygens (including phenoxy) is 2. The third-order valence-corrected chi connectivity index (χ3v) is 5.92. The molecule has 1 amide bonds. The van der Waals surface area contributed by atoms with Crippen molar-refractivity contribution in [3.8, 4) is 17.2 Å². The van der Waals surface area contributed by atoms with E-state index < -0.39 is 10.8 Å². The molecule has 1 N–H and O–H groups in total. The number of carbonyl (C=O) groups is 1. The normalized spacial score (nSPS) is 10.8. The van der Waals surface area contributed by atoms with Crippen molar-refractivity contribution in [2.45, 2.75) is 20.5 Å². The van der Waals surface area contributed by atoms with Crippen molar-refractivity contribution in [1.29, 1.82) is 0 Å². The number of fused-ring (bicyclic) bond motifs is 1. The van der Waals surface area contributed by atoms with E-state index >= 15 is 0 Å². The van der Waals surface area contributed by atoms with Crippen LogP contribution >= 0.6 is 0 Å². The fraction of sp³-hybridized carbons (Fsp3) is 0.100. The summed E-state index contributed by atoms with van der Waals surface area (Å²) in [5.74, 6) is 1.43. The molecule has 0 saturated carbocycles. The Morgan fingerprint density at radius 1 is 0.895 bits per heavy atom. The van der Waals surface area contributed by atoms with Gasteiger partial charge in [0.25, 0.3) is 11.6 Å². The molecule has 0 bridgehead atoms. The molecule has 0 fully saturated rings. The molecule has 0 atom stereocenters. The van der Waals surface area contributed by atoms with Gasteiger partial charge in [-0.05, 0) is 66.1 Å². The zero-order valence-corrected chi connectivity index (χ0v) is 20.8. The summed E-state index contributed by atoms with van der Waals surface area (Å²) < 4.78 is 17.4. The molecular formula is C30H24N2O6. The molecule has 0 aliphatic carbocycles. The second-order valence-electron chi connectivity index (χ2n) is 8.86. The first-order chi connectivity index (χ1) is 18.3. The minimum atomic E-state index is -0.555. The van der Waals surface area contributed by atoms with Crippen LogP contribution in [-0.2, 0) is 6.61 Å². The Labute approximate surface area is 218 Å². The fourth-order valence-corrected chi connectivity index (χ4v) is 3.95. The van der Waals surface area contributed by atoms with Crippen molar-refractivity contribution in [3.63, 3.8) is 0 Å². The Morgan fingerprint density at radius 2 is 1.71 bits per heavy atom. The van der Waals surface area contributed by atoms with Crippen molar-refractivity contribution < 1.29 is 23.6 Å². The van der Waals surface area contributed by atoms with Gasteiger partial charge in [0.1, 0.15) is 29.6 Å². The molecule has 5 rings (SSSR count). The van der Waals surface area contributed by atoms with Gasteiger partial charge < -0.3 is 19.2 Å². The Bertz CT molecular complexity index is 1660. The first kappa shape index (κ1) is 24.6. The number of nitrogens with one attached hydrogen (secondary N) is 1. The fourth-order valence-electron chi connectivity index (χ4n) is 3.95. The third-order valence-electron chi connectivity index (χ3n) is 5.92. The molecule has 190 valence electrons. The highest BCUT2D eigenvalue weighted by molar-refractivity contribution is 6.02. The second-order valence-corrected chi connectivity index (χ2v) is 8.86. The average Bonchev–Trinajstić information content (AvgIpc) is 3.39. The van der Waals surface area contributed by atoms with Gasteiger partial charge in [-0.3, -0.25) is 14.9 Å². The van der Waals surface area contributed by atoms with Crippen molar-refractivity contribution in [3.05, 3.63) is 124 Å². The van der Waals surface area contributed by atoms with Crippen LogP contribution < -0.4 is 14.8 Å². The predicted octanol–water partition coefficient (Wildman–Crippen LogP) is 7.58. The van der Waals surface area contributed by atoms with Gasteiger partial charge in [0.05, 0.1) is 16.7 Å². The number of furan rings is 1. The number of nitro benzene ring substituents is 1. The molecule has 38 heavy (non-hydrogen) atoms. The van der Waals surface area contributed by atoms with Gasteiger partial charge in [-0.1, -0.05) is 42.5 Å². The van der Waals surface area contributed by atoms with Crippen LogP contribution in [0.1, 0.15) is 27.4 Å². The van der Waals surface area contributed by atoms with Crippen LogP contribution in [0.15, 0.2) is 95.4 Å². The molecule has 4 aromatic carbocycles. The summed E-state index contributed by atoms with van der Waals surface area (Å²) in [6.45, 7) is 3.94. The lowest BCUT2D eigenvalue weighted by atomic mass is 10.1. The molecule has 8 heteroatoms. The van der Waals surface area contributed by atoms with Crippen LogP contribution in [0.25, 0.3) is 10.8 Å². The van der Waals surface area contributed by atoms with Crippen LogP contribution in [0.5, 0.6) is 17.2 Å². The second kappa shape index (κ2) is 10.5. The summed E-state index contributed by atoms with van der Waals surface area (Å²) in [7, 11) is 0. The molecule has 0 unspecified atom stereocenters. The predicted molar refractivity (Wildman–Crippen MR) is 144 cm³/mol. The summed E-state index contributed by atoms with van der Waals surface area (Å²) in [5.41, 5.74) is 1.85. The summed E-state index contributed by atoms with van der Waals surface area (Å²) in [4.78, 5) is 23.8. The lowest BCUT2D eigenvalue weighted by Gasteiger charge is -2.11. The van der Waals surface area contributed by atoms with Gasteiger partial charge >= 0.3 is 0 Å². The first-order valence-corrected chi connectivity index (χ1v) is 11.9. The van der Waals surface area contributed by atoms with Gasteiger partial charge in [0, 0.05) is 12.1 Å². The minimum absolute atomic E-state index is 0.0469. The maximum atomic E-state index is 12.8. The maximum Gasteiger partial charge on any atom is 0.291 e. The lowest BCUT2D eigenvalue weighted by molar-refractivity contribution is -0.384. The van der Waals surface area contributed by atoms with Gasteiger partial charge in [0.15, 0.2) is 5.76 Å². The Kier molecular flexibility index (Phi) is 6.78. The molecule has 0 aliphatic rings. The standard InChI is InChI=1S/C30H24N2O6/c1-19-7-8-20(2)29(13-19)38-27-16-23(15-24(17-27)32(34)35)31-30(33)28-12-11-26(37-28)18-36-25-10-9-21-5-3-4-6-22(21)14-25/h3-17H,18H2,1-2H3,(H,31,33). The highest BCUT2D eigenvalue weighted by Gasteiger charge is 2.17. The minimum Gasteiger partial charge on any atom is -0.486 e. The van der Waals surface area contributed by atoms with Crippen LogP contribution in [0, 0.1) is 24.0 Å².